The van der Waals surface area contributed by atoms with Crippen molar-refractivity contribution in [1.82, 2.24) is 19.9 Å². The number of hydrogen-bond acceptors (Lipinski definition) is 6. The number of para-hydroxylation sites is 1. The van der Waals surface area contributed by atoms with Gasteiger partial charge in [0, 0.05) is 47.8 Å². The summed E-state index contributed by atoms with van der Waals surface area (Å²) in [6.45, 7) is 2.37. The Kier molecular flexibility index (Phi) is 5.69. The van der Waals surface area contributed by atoms with Crippen molar-refractivity contribution in [3.63, 3.8) is 0 Å². The van der Waals surface area contributed by atoms with Crippen molar-refractivity contribution in [1.29, 1.82) is 0 Å². The van der Waals surface area contributed by atoms with Crippen LogP contribution in [-0.2, 0) is 14.8 Å². The van der Waals surface area contributed by atoms with Gasteiger partial charge in [0.2, 0.25) is 11.9 Å². The Morgan fingerprint density at radius 3 is 2.54 bits per heavy atom. The van der Waals surface area contributed by atoms with Crippen molar-refractivity contribution in [2.24, 2.45) is 5.92 Å². The summed E-state index contributed by atoms with van der Waals surface area (Å²) in [7, 11) is -3.87. The number of anilines is 2. The van der Waals surface area contributed by atoms with Gasteiger partial charge in [0.05, 0.1) is 16.4 Å². The molecule has 10 nitrogen and oxygen atoms in total. The third kappa shape index (κ3) is 4.58. The maximum Gasteiger partial charge on any atom is 0.264 e. The number of carbonyl (C=O) groups is 2. The van der Waals surface area contributed by atoms with Crippen molar-refractivity contribution in [3.05, 3.63) is 78.2 Å². The Labute approximate surface area is 201 Å². The van der Waals surface area contributed by atoms with Crippen LogP contribution in [0.1, 0.15) is 16.1 Å². The number of aryl methyl sites for hydroxylation is 1. The summed E-state index contributed by atoms with van der Waals surface area (Å²) in [5.74, 6) is -0.701. The van der Waals surface area contributed by atoms with Crippen LogP contribution >= 0.6 is 0 Å². The zero-order valence-electron chi connectivity index (χ0n) is 18.7. The first kappa shape index (κ1) is 22.5. The largest absolute Gasteiger partial charge is 0.360 e. The van der Waals surface area contributed by atoms with Crippen molar-refractivity contribution in [2.45, 2.75) is 11.8 Å². The quantitative estimate of drug-likeness (QED) is 0.380. The van der Waals surface area contributed by atoms with Crippen LogP contribution in [0, 0.1) is 12.8 Å². The van der Waals surface area contributed by atoms with Crippen molar-refractivity contribution >= 4 is 44.4 Å². The molecular formula is C24H22N6O4S. The number of benzene rings is 2. The van der Waals surface area contributed by atoms with Crippen LogP contribution in [0.4, 0.5) is 11.6 Å². The van der Waals surface area contributed by atoms with Gasteiger partial charge in [-0.15, -0.1) is 0 Å². The van der Waals surface area contributed by atoms with Crippen LogP contribution in [0.3, 0.4) is 0 Å². The van der Waals surface area contributed by atoms with Gasteiger partial charge < -0.3 is 15.2 Å². The number of nitrogens with zero attached hydrogens (tertiary/aromatic N) is 3. The van der Waals surface area contributed by atoms with Gasteiger partial charge in [-0.1, -0.05) is 18.2 Å². The molecular weight excluding hydrogens is 468 g/mol. The Balaban J connectivity index is 1.18. The predicted molar refractivity (Wildman–Crippen MR) is 130 cm³/mol. The van der Waals surface area contributed by atoms with Gasteiger partial charge in [-0.3, -0.25) is 9.59 Å². The number of H-pyrrole nitrogens is 1. The summed E-state index contributed by atoms with van der Waals surface area (Å²) < 4.78 is 27.5. The molecule has 1 saturated heterocycles. The van der Waals surface area contributed by atoms with Gasteiger partial charge in [-0.2, -0.15) is 0 Å². The molecule has 0 spiro atoms. The summed E-state index contributed by atoms with van der Waals surface area (Å²) in [4.78, 5) is 38.1. The summed E-state index contributed by atoms with van der Waals surface area (Å²) >= 11 is 0. The van der Waals surface area contributed by atoms with E-state index in [9.17, 15) is 18.0 Å². The van der Waals surface area contributed by atoms with E-state index in [1.54, 1.807) is 24.1 Å². The van der Waals surface area contributed by atoms with E-state index in [1.807, 2.05) is 24.3 Å². The normalized spacial score (nSPS) is 13.9. The second kappa shape index (κ2) is 8.84. The topological polar surface area (TPSA) is 137 Å². The Morgan fingerprint density at radius 2 is 1.80 bits per heavy atom. The molecule has 3 N–H and O–H groups in total. The number of fused-ring (bicyclic) bond motifs is 1. The van der Waals surface area contributed by atoms with Crippen LogP contribution < -0.4 is 10.0 Å². The number of aromatic nitrogens is 3. The molecule has 3 heterocycles. The van der Waals surface area contributed by atoms with E-state index in [0.717, 1.165) is 10.9 Å². The van der Waals surface area contributed by atoms with Gasteiger partial charge in [0.1, 0.15) is 0 Å². The zero-order valence-corrected chi connectivity index (χ0v) is 19.5. The molecule has 1 aliphatic rings. The van der Waals surface area contributed by atoms with Crippen LogP contribution in [-0.4, -0.2) is 53.2 Å². The highest BCUT2D eigenvalue weighted by atomic mass is 32.2. The van der Waals surface area contributed by atoms with Crippen molar-refractivity contribution < 1.29 is 18.0 Å². The predicted octanol–water partition coefficient (Wildman–Crippen LogP) is 2.78. The first-order valence-corrected chi connectivity index (χ1v) is 12.4. The number of sulfonamides is 1. The van der Waals surface area contributed by atoms with Gasteiger partial charge in [-0.25, -0.2) is 23.1 Å². The molecule has 0 unspecified atom stereocenters. The van der Waals surface area contributed by atoms with Crippen LogP contribution in [0.5, 0.6) is 0 Å². The number of carbonyl (C=O) groups excluding carboxylic acids is 2. The molecule has 178 valence electrons. The third-order valence-corrected chi connectivity index (χ3v) is 7.16. The van der Waals surface area contributed by atoms with E-state index >= 15 is 0 Å². The zero-order chi connectivity index (χ0) is 24.6. The second-order valence-electron chi connectivity index (χ2n) is 8.30. The van der Waals surface area contributed by atoms with E-state index in [4.69, 9.17) is 0 Å². The molecule has 0 bridgehead atoms. The molecule has 35 heavy (non-hydrogen) atoms. The molecule has 5 rings (SSSR count). The van der Waals surface area contributed by atoms with Crippen molar-refractivity contribution in [3.8, 4) is 0 Å². The monoisotopic (exact) mass is 490 g/mol. The minimum absolute atomic E-state index is 0.0137. The Hall–Kier alpha value is -4.25. The number of aromatic amines is 1. The summed E-state index contributed by atoms with van der Waals surface area (Å²) in [5.41, 5.74) is 2.56. The summed E-state index contributed by atoms with van der Waals surface area (Å²) in [5, 5.41) is 3.63. The Bertz CT molecular complexity index is 1530. The van der Waals surface area contributed by atoms with E-state index in [1.165, 1.54) is 30.5 Å². The lowest BCUT2D eigenvalue weighted by Crippen LogP contribution is -2.54. The highest BCUT2D eigenvalue weighted by Crippen LogP contribution is 2.25. The highest BCUT2D eigenvalue weighted by Gasteiger charge is 2.36. The molecule has 4 aromatic rings. The van der Waals surface area contributed by atoms with Gasteiger partial charge >= 0.3 is 0 Å². The molecule has 0 saturated carbocycles. The number of amides is 2. The number of hydrogen-bond donors (Lipinski definition) is 3. The second-order valence-corrected chi connectivity index (χ2v) is 9.98. The lowest BCUT2D eigenvalue weighted by molar-refractivity contribution is -0.123. The maximum atomic E-state index is 12.8. The van der Waals surface area contributed by atoms with Gasteiger partial charge in [0.25, 0.3) is 15.9 Å². The molecule has 2 amide bonds. The molecule has 2 aromatic carbocycles. The minimum atomic E-state index is -3.87. The van der Waals surface area contributed by atoms with Gasteiger partial charge in [0.15, 0.2) is 0 Å². The fraction of sp³-hybridized carbons (Fsp3) is 0.167. The molecule has 1 aliphatic heterocycles. The van der Waals surface area contributed by atoms with Crippen LogP contribution in [0.2, 0.25) is 0 Å². The minimum Gasteiger partial charge on any atom is -0.360 e. The van der Waals surface area contributed by atoms with Crippen LogP contribution in [0.25, 0.3) is 10.9 Å². The number of likely N-dealkylation sites (tertiary alicyclic amines) is 1. The van der Waals surface area contributed by atoms with E-state index in [2.05, 4.69) is 25.0 Å². The first-order valence-electron chi connectivity index (χ1n) is 10.9. The molecule has 11 heteroatoms. The SMILES string of the molecule is Cc1ccnc(NS(=O)(=O)c2ccc(NC(=O)C3CN(C(=O)c4c[nH]c5ccccc45)C3)cc2)n1. The van der Waals surface area contributed by atoms with E-state index < -0.39 is 10.0 Å². The molecule has 2 aromatic heterocycles. The molecule has 1 fully saturated rings. The molecule has 0 radical (unpaired) electrons. The molecule has 0 atom stereocenters. The van der Waals surface area contributed by atoms with E-state index in [0.29, 0.717) is 30.0 Å². The molecule has 0 aliphatic carbocycles. The van der Waals surface area contributed by atoms with Crippen molar-refractivity contribution in [2.75, 3.05) is 23.1 Å². The first-order chi connectivity index (χ1) is 16.8. The third-order valence-electron chi connectivity index (χ3n) is 5.81. The standard InChI is InChI=1S/C24H22N6O4S/c1-15-10-11-25-24(27-15)29-35(33,34)18-8-6-17(7-9-18)28-22(31)16-13-30(14-16)23(32)20-12-26-21-5-3-2-4-19(20)21/h2-12,16,26H,13-14H2,1H3,(H,28,31)(H,25,27,29). The smallest absolute Gasteiger partial charge is 0.264 e. The number of nitrogens with one attached hydrogen (secondary N) is 3. The average Bonchev–Trinajstić information content (AvgIpc) is 3.22. The van der Waals surface area contributed by atoms with Crippen LogP contribution in [0.15, 0.2) is 71.9 Å². The summed E-state index contributed by atoms with van der Waals surface area (Å²) in [6, 6.07) is 15.0. The average molecular weight is 491 g/mol. The lowest BCUT2D eigenvalue weighted by Gasteiger charge is -2.38. The maximum absolute atomic E-state index is 12.8. The summed E-state index contributed by atoms with van der Waals surface area (Å²) in [6.07, 6.45) is 3.16. The highest BCUT2D eigenvalue weighted by molar-refractivity contribution is 7.92. The fourth-order valence-corrected chi connectivity index (χ4v) is 4.82. The Morgan fingerprint density at radius 1 is 1.06 bits per heavy atom. The number of rotatable bonds is 6. The fourth-order valence-electron chi connectivity index (χ4n) is 3.87. The lowest BCUT2D eigenvalue weighted by atomic mass is 9.97. The van der Waals surface area contributed by atoms with E-state index in [-0.39, 0.29) is 28.6 Å². The van der Waals surface area contributed by atoms with Gasteiger partial charge in [-0.05, 0) is 43.3 Å².